The number of nitrogen functional groups attached to an aromatic ring is 1. The highest BCUT2D eigenvalue weighted by molar-refractivity contribution is 7.89. The molecule has 0 bridgehead atoms. The Kier molecular flexibility index (Phi) is 8.14. The van der Waals surface area contributed by atoms with E-state index in [1.807, 2.05) is 0 Å². The number of aromatic nitrogens is 2. The molecule has 1 aliphatic rings. The lowest BCUT2D eigenvalue weighted by atomic mass is 10.1. The molecule has 0 radical (unpaired) electrons. The molecule has 5 N–H and O–H groups in total. The van der Waals surface area contributed by atoms with Crippen LogP contribution in [0.4, 0.5) is 19.0 Å². The molecule has 2 aromatic carbocycles. The molecular weight excluding hydrogens is 525 g/mol. The summed E-state index contributed by atoms with van der Waals surface area (Å²) < 4.78 is 68.4. The molecule has 14 heteroatoms. The second-order valence-corrected chi connectivity index (χ2v) is 10.3. The van der Waals surface area contributed by atoms with E-state index in [2.05, 4.69) is 30.1 Å². The number of piperidine rings is 1. The third-order valence-corrected chi connectivity index (χ3v) is 7.12. The van der Waals surface area contributed by atoms with Gasteiger partial charge in [-0.25, -0.2) is 23.1 Å². The third kappa shape index (κ3) is 7.18. The predicted octanol–water partition coefficient (Wildman–Crippen LogP) is 2.58. The summed E-state index contributed by atoms with van der Waals surface area (Å²) in [5.74, 6) is -0.969. The van der Waals surface area contributed by atoms with Crippen molar-refractivity contribution in [2.45, 2.75) is 36.7 Å². The van der Waals surface area contributed by atoms with Gasteiger partial charge >= 0.3 is 6.36 Å². The normalized spacial score (nSPS) is 16.1. The maximum atomic E-state index is 12.8. The Labute approximate surface area is 216 Å². The van der Waals surface area contributed by atoms with Crippen LogP contribution in [0.15, 0.2) is 59.6 Å². The van der Waals surface area contributed by atoms with Crippen LogP contribution in [-0.4, -0.2) is 49.8 Å². The van der Waals surface area contributed by atoms with Gasteiger partial charge in [-0.2, -0.15) is 0 Å². The molecule has 1 aromatic heterocycles. The Morgan fingerprint density at radius 1 is 1.18 bits per heavy atom. The maximum absolute atomic E-state index is 12.8. The fourth-order valence-corrected chi connectivity index (χ4v) is 4.87. The smallest absolute Gasteiger partial charge is 0.406 e. The van der Waals surface area contributed by atoms with Crippen LogP contribution in [-0.2, 0) is 16.6 Å². The van der Waals surface area contributed by atoms with Crippen molar-refractivity contribution in [3.8, 4) is 17.0 Å². The van der Waals surface area contributed by atoms with E-state index in [-0.39, 0.29) is 29.0 Å². The number of hydrogen-bond acceptors (Lipinski definition) is 8. The topological polar surface area (TPSA) is 148 Å². The minimum Gasteiger partial charge on any atom is -0.406 e. The van der Waals surface area contributed by atoms with Gasteiger partial charge in [0.1, 0.15) is 5.75 Å². The Balaban J connectivity index is 1.45. The van der Waals surface area contributed by atoms with E-state index >= 15 is 0 Å². The number of carbonyl (C=O) groups excluding carboxylic acids is 1. The number of halogens is 3. The molecule has 1 aliphatic heterocycles. The summed E-state index contributed by atoms with van der Waals surface area (Å²) in [6.45, 7) is 1.45. The first-order chi connectivity index (χ1) is 18.0. The quantitative estimate of drug-likeness (QED) is 0.335. The Morgan fingerprint density at radius 3 is 2.63 bits per heavy atom. The van der Waals surface area contributed by atoms with Crippen molar-refractivity contribution in [2.75, 3.05) is 18.8 Å². The SMILES string of the molecule is Nc1ncc(-c2cccc(CNS(=O)(=O)c3ccc(OC(F)(F)F)cc3)c2)nc1C(=O)NC1CCCNC1. The van der Waals surface area contributed by atoms with E-state index in [1.165, 1.54) is 6.20 Å². The second kappa shape index (κ2) is 11.3. The highest BCUT2D eigenvalue weighted by Crippen LogP contribution is 2.24. The van der Waals surface area contributed by atoms with Gasteiger partial charge in [-0.3, -0.25) is 4.79 Å². The number of alkyl halides is 3. The number of amides is 1. The van der Waals surface area contributed by atoms with E-state index < -0.39 is 28.0 Å². The maximum Gasteiger partial charge on any atom is 0.573 e. The van der Waals surface area contributed by atoms with Gasteiger partial charge in [0.05, 0.1) is 16.8 Å². The Hall–Kier alpha value is -3.75. The molecule has 2 heterocycles. The summed E-state index contributed by atoms with van der Waals surface area (Å²) in [7, 11) is -4.02. The zero-order valence-electron chi connectivity index (χ0n) is 20.0. The van der Waals surface area contributed by atoms with Gasteiger partial charge < -0.3 is 21.1 Å². The van der Waals surface area contributed by atoms with Gasteiger partial charge in [-0.1, -0.05) is 18.2 Å². The van der Waals surface area contributed by atoms with Gasteiger partial charge in [0.2, 0.25) is 10.0 Å². The van der Waals surface area contributed by atoms with Crippen molar-refractivity contribution in [3.63, 3.8) is 0 Å². The zero-order valence-corrected chi connectivity index (χ0v) is 20.8. The molecular formula is C24H25F3N6O4S. The summed E-state index contributed by atoms with van der Waals surface area (Å²) in [5.41, 5.74) is 7.42. The van der Waals surface area contributed by atoms with Crippen LogP contribution >= 0.6 is 0 Å². The number of nitrogens with two attached hydrogens (primary N) is 1. The minimum atomic E-state index is -4.88. The lowest BCUT2D eigenvalue weighted by Gasteiger charge is -2.23. The number of carbonyl (C=O) groups is 1. The van der Waals surface area contributed by atoms with Crippen LogP contribution in [0.1, 0.15) is 28.9 Å². The molecule has 0 saturated carbocycles. The third-order valence-electron chi connectivity index (χ3n) is 5.70. The number of nitrogens with one attached hydrogen (secondary N) is 3. The fourth-order valence-electron chi connectivity index (χ4n) is 3.86. The summed E-state index contributed by atoms with van der Waals surface area (Å²) in [6, 6.07) is 10.6. The van der Waals surface area contributed by atoms with Crippen LogP contribution in [0, 0.1) is 0 Å². The minimum absolute atomic E-state index is 0.00266. The van der Waals surface area contributed by atoms with Gasteiger partial charge in [0.15, 0.2) is 11.5 Å². The van der Waals surface area contributed by atoms with E-state index in [9.17, 15) is 26.4 Å². The second-order valence-electron chi connectivity index (χ2n) is 8.55. The van der Waals surface area contributed by atoms with Gasteiger partial charge in [0.25, 0.3) is 5.91 Å². The van der Waals surface area contributed by atoms with Crippen molar-refractivity contribution in [1.29, 1.82) is 0 Å². The van der Waals surface area contributed by atoms with Gasteiger partial charge in [-0.05, 0) is 55.3 Å². The summed E-state index contributed by atoms with van der Waals surface area (Å²) >= 11 is 0. The molecule has 10 nitrogen and oxygen atoms in total. The summed E-state index contributed by atoms with van der Waals surface area (Å²) in [5, 5.41) is 6.12. The highest BCUT2D eigenvalue weighted by Gasteiger charge is 2.31. The lowest BCUT2D eigenvalue weighted by Crippen LogP contribution is -2.46. The van der Waals surface area contributed by atoms with Crippen molar-refractivity contribution >= 4 is 21.7 Å². The van der Waals surface area contributed by atoms with Crippen LogP contribution in [0.2, 0.25) is 0 Å². The first-order valence-corrected chi connectivity index (χ1v) is 13.1. The molecule has 1 atom stereocenters. The van der Waals surface area contributed by atoms with E-state index in [0.29, 0.717) is 23.4 Å². The highest BCUT2D eigenvalue weighted by atomic mass is 32.2. The summed E-state index contributed by atoms with van der Waals surface area (Å²) in [4.78, 5) is 21.0. The van der Waals surface area contributed by atoms with Crippen molar-refractivity contribution < 1.29 is 31.1 Å². The average Bonchev–Trinajstić information content (AvgIpc) is 2.88. The van der Waals surface area contributed by atoms with Crippen molar-refractivity contribution in [1.82, 2.24) is 25.3 Å². The molecule has 1 fully saturated rings. The van der Waals surface area contributed by atoms with Gasteiger partial charge in [0, 0.05) is 24.7 Å². The predicted molar refractivity (Wildman–Crippen MR) is 132 cm³/mol. The van der Waals surface area contributed by atoms with Crippen LogP contribution in [0.3, 0.4) is 0 Å². The number of rotatable bonds is 8. The standard InChI is InChI=1S/C24H25F3N6O4S/c25-24(26,27)37-18-6-8-19(9-7-18)38(35,36)31-12-15-3-1-4-16(11-15)20-14-30-22(28)21(33-20)23(34)32-17-5-2-10-29-13-17/h1,3-4,6-9,11,14,17,29,31H,2,5,10,12-13H2,(H2,28,30)(H,32,34). The van der Waals surface area contributed by atoms with Gasteiger partial charge in [-0.15, -0.1) is 13.2 Å². The number of nitrogens with zero attached hydrogens (tertiary/aromatic N) is 2. The van der Waals surface area contributed by atoms with Crippen LogP contribution in [0.25, 0.3) is 11.3 Å². The fraction of sp³-hybridized carbons (Fsp3) is 0.292. The molecule has 4 rings (SSSR count). The average molecular weight is 551 g/mol. The number of anilines is 1. The molecule has 0 spiro atoms. The van der Waals surface area contributed by atoms with E-state index in [0.717, 1.165) is 43.7 Å². The lowest BCUT2D eigenvalue weighted by molar-refractivity contribution is -0.274. The first kappa shape index (κ1) is 27.3. The molecule has 1 unspecified atom stereocenters. The molecule has 1 amide bonds. The molecule has 202 valence electrons. The van der Waals surface area contributed by atoms with Crippen molar-refractivity contribution in [2.24, 2.45) is 0 Å². The molecule has 38 heavy (non-hydrogen) atoms. The first-order valence-electron chi connectivity index (χ1n) is 11.6. The number of sulfonamides is 1. The van der Waals surface area contributed by atoms with E-state index in [1.54, 1.807) is 24.3 Å². The molecule has 0 aliphatic carbocycles. The summed E-state index contributed by atoms with van der Waals surface area (Å²) in [6.07, 6.45) is -1.67. The zero-order chi connectivity index (χ0) is 27.3. The van der Waals surface area contributed by atoms with E-state index in [4.69, 9.17) is 5.73 Å². The van der Waals surface area contributed by atoms with Crippen molar-refractivity contribution in [3.05, 3.63) is 66.0 Å². The largest absolute Gasteiger partial charge is 0.573 e. The number of hydrogen-bond donors (Lipinski definition) is 4. The van der Waals surface area contributed by atoms with Crippen LogP contribution in [0.5, 0.6) is 5.75 Å². The number of benzene rings is 2. The Morgan fingerprint density at radius 2 is 1.95 bits per heavy atom. The molecule has 1 saturated heterocycles. The monoisotopic (exact) mass is 550 g/mol. The number of ether oxygens (including phenoxy) is 1. The van der Waals surface area contributed by atoms with Crippen LogP contribution < -0.4 is 25.8 Å². The Bertz CT molecular complexity index is 1400. The molecule has 3 aromatic rings.